The van der Waals surface area contributed by atoms with E-state index in [0.29, 0.717) is 27.9 Å². The Morgan fingerprint density at radius 1 is 1.09 bits per heavy atom. The van der Waals surface area contributed by atoms with Gasteiger partial charge in [0.1, 0.15) is 0 Å². The molecule has 7 nitrogen and oxygen atoms in total. The molecule has 9 heteroatoms. The number of amides is 1. The molecule has 3 heterocycles. The summed E-state index contributed by atoms with van der Waals surface area (Å²) in [6.45, 7) is 4.57. The summed E-state index contributed by atoms with van der Waals surface area (Å²) in [5.41, 5.74) is 2.94. The number of non-ortho nitro benzene ring substituents is 1. The number of nitro groups is 1. The van der Waals surface area contributed by atoms with E-state index in [1.807, 2.05) is 24.3 Å². The number of para-hydroxylation sites is 1. The summed E-state index contributed by atoms with van der Waals surface area (Å²) in [6, 6.07) is 16.2. The van der Waals surface area contributed by atoms with Crippen LogP contribution in [0.5, 0.6) is 0 Å². The molecule has 2 aromatic carbocycles. The van der Waals surface area contributed by atoms with Gasteiger partial charge in [-0.15, -0.1) is 11.3 Å². The summed E-state index contributed by atoms with van der Waals surface area (Å²) in [5.74, 6) is 0.109. The number of thiazole rings is 1. The number of benzene rings is 2. The Kier molecular flexibility index (Phi) is 5.80. The number of anilines is 1. The Labute approximate surface area is 203 Å². The Balaban J connectivity index is 1.60. The molecule has 1 amide bonds. The molecule has 0 fully saturated rings. The highest BCUT2D eigenvalue weighted by atomic mass is 32.1. The van der Waals surface area contributed by atoms with E-state index >= 15 is 0 Å². The van der Waals surface area contributed by atoms with Crippen LogP contribution in [-0.4, -0.2) is 20.8 Å². The van der Waals surface area contributed by atoms with Crippen LogP contribution in [0.2, 0.25) is 0 Å². The van der Waals surface area contributed by atoms with Crippen molar-refractivity contribution in [3.63, 3.8) is 0 Å². The van der Waals surface area contributed by atoms with Crippen LogP contribution in [0.25, 0.3) is 20.3 Å². The zero-order valence-electron chi connectivity index (χ0n) is 18.5. The van der Waals surface area contributed by atoms with Crippen LogP contribution in [0, 0.1) is 10.1 Å². The zero-order valence-corrected chi connectivity index (χ0v) is 20.1. The first-order valence-electron chi connectivity index (χ1n) is 10.7. The minimum atomic E-state index is -0.430. The Hall–Kier alpha value is -3.69. The summed E-state index contributed by atoms with van der Waals surface area (Å²) in [7, 11) is 0. The molecule has 0 N–H and O–H groups in total. The summed E-state index contributed by atoms with van der Waals surface area (Å²) in [4.78, 5) is 35.8. The van der Waals surface area contributed by atoms with Gasteiger partial charge >= 0.3 is 0 Å². The van der Waals surface area contributed by atoms with Gasteiger partial charge in [-0.1, -0.05) is 43.4 Å². The largest absolute Gasteiger partial charge is 0.279 e. The minimum absolute atomic E-state index is 0.00361. The number of nitro benzene ring substituents is 1. The maximum atomic E-state index is 13.8. The quantitative estimate of drug-likeness (QED) is 0.194. The van der Waals surface area contributed by atoms with Gasteiger partial charge in [0.25, 0.3) is 11.6 Å². The first-order valence-corrected chi connectivity index (χ1v) is 12.3. The number of rotatable bonds is 6. The summed E-state index contributed by atoms with van der Waals surface area (Å²) >= 11 is 2.80. The third-order valence-corrected chi connectivity index (χ3v) is 7.67. The molecule has 0 saturated carbocycles. The molecule has 0 spiro atoms. The molecule has 0 aliphatic rings. The van der Waals surface area contributed by atoms with Gasteiger partial charge in [0.2, 0.25) is 0 Å². The molecule has 3 aromatic heterocycles. The van der Waals surface area contributed by atoms with Crippen LogP contribution < -0.4 is 4.90 Å². The van der Waals surface area contributed by atoms with E-state index in [4.69, 9.17) is 4.98 Å². The number of fused-ring (bicyclic) bond motifs is 2. The monoisotopic (exact) mass is 488 g/mol. The van der Waals surface area contributed by atoms with Gasteiger partial charge in [0.15, 0.2) is 5.13 Å². The van der Waals surface area contributed by atoms with E-state index in [1.165, 1.54) is 34.8 Å². The molecular weight excluding hydrogens is 468 g/mol. The molecule has 0 aliphatic heterocycles. The molecule has 0 saturated heterocycles. The van der Waals surface area contributed by atoms with Gasteiger partial charge in [-0.3, -0.25) is 24.8 Å². The second-order valence-corrected chi connectivity index (χ2v) is 10.3. The molecular formula is C25H20N4O3S2. The molecule has 5 aromatic rings. The summed E-state index contributed by atoms with van der Waals surface area (Å²) < 4.78 is 1.85. The van der Waals surface area contributed by atoms with Gasteiger partial charge < -0.3 is 0 Å². The number of hydrogen-bond donors (Lipinski definition) is 0. The maximum Gasteiger partial charge on any atom is 0.270 e. The molecule has 0 atom stereocenters. The van der Waals surface area contributed by atoms with Gasteiger partial charge in [0.05, 0.1) is 26.6 Å². The van der Waals surface area contributed by atoms with Crippen LogP contribution in [0.15, 0.2) is 67.0 Å². The SMILES string of the molecule is CC(C)c1cccc2sc(N(Cc3cccnc3)C(=O)c3cc4cc([N+](=O)[O-])ccc4s3)nc12. The standard InChI is InChI=1S/C25H20N4O3S2/c1-15(2)19-6-3-7-21-23(19)27-25(34-21)28(14-16-5-4-10-26-13-16)24(30)22-12-17-11-18(29(31)32)8-9-20(17)33-22/h3-13,15H,14H2,1-2H3. The number of nitrogens with zero attached hydrogens (tertiary/aromatic N) is 4. The highest BCUT2D eigenvalue weighted by Crippen LogP contribution is 2.36. The number of carbonyl (C=O) groups excluding carboxylic acids is 1. The van der Waals surface area contributed by atoms with Crippen molar-refractivity contribution in [1.29, 1.82) is 0 Å². The first kappa shape index (κ1) is 22.1. The number of aromatic nitrogens is 2. The molecule has 34 heavy (non-hydrogen) atoms. The van der Waals surface area contributed by atoms with Gasteiger partial charge in [-0.2, -0.15) is 0 Å². The zero-order chi connectivity index (χ0) is 23.8. The normalized spacial score (nSPS) is 11.4. The smallest absolute Gasteiger partial charge is 0.270 e. The Bertz CT molecular complexity index is 1530. The van der Waals surface area contributed by atoms with Gasteiger partial charge in [-0.25, -0.2) is 4.98 Å². The van der Waals surface area contributed by atoms with E-state index in [-0.39, 0.29) is 11.6 Å². The number of thiophene rings is 1. The summed E-state index contributed by atoms with van der Waals surface area (Å²) in [5, 5.41) is 12.5. The third-order valence-electron chi connectivity index (χ3n) is 5.52. The second kappa shape index (κ2) is 8.92. The van der Waals surface area contributed by atoms with E-state index in [2.05, 4.69) is 24.9 Å². The van der Waals surface area contributed by atoms with E-state index in [1.54, 1.807) is 29.4 Å². The Morgan fingerprint density at radius 2 is 1.94 bits per heavy atom. The van der Waals surface area contributed by atoms with Crippen molar-refractivity contribution in [1.82, 2.24) is 9.97 Å². The highest BCUT2D eigenvalue weighted by Gasteiger charge is 2.25. The fraction of sp³-hybridized carbons (Fsp3) is 0.160. The van der Waals surface area contributed by atoms with Gasteiger partial charge in [-0.05, 0) is 41.3 Å². The number of hydrogen-bond acceptors (Lipinski definition) is 7. The van der Waals surface area contributed by atoms with Crippen LogP contribution in [0.1, 0.15) is 40.6 Å². The van der Waals surface area contributed by atoms with Crippen molar-refractivity contribution in [2.75, 3.05) is 4.90 Å². The van der Waals surface area contributed by atoms with Crippen molar-refractivity contribution in [3.8, 4) is 0 Å². The predicted octanol–water partition coefficient (Wildman–Crippen LogP) is 6.78. The highest BCUT2D eigenvalue weighted by molar-refractivity contribution is 7.23. The van der Waals surface area contributed by atoms with Crippen LogP contribution in [0.3, 0.4) is 0 Å². The molecule has 5 rings (SSSR count). The molecule has 0 bridgehead atoms. The van der Waals surface area contributed by atoms with Gasteiger partial charge in [0, 0.05) is 34.6 Å². The van der Waals surface area contributed by atoms with Crippen LogP contribution in [0.4, 0.5) is 10.8 Å². The topological polar surface area (TPSA) is 89.2 Å². The maximum absolute atomic E-state index is 13.8. The minimum Gasteiger partial charge on any atom is -0.279 e. The third kappa shape index (κ3) is 4.15. The predicted molar refractivity (Wildman–Crippen MR) is 137 cm³/mol. The van der Waals surface area contributed by atoms with Crippen molar-refractivity contribution in [2.24, 2.45) is 0 Å². The van der Waals surface area contributed by atoms with Crippen LogP contribution >= 0.6 is 22.7 Å². The fourth-order valence-corrected chi connectivity index (χ4v) is 5.81. The van der Waals surface area contributed by atoms with Crippen molar-refractivity contribution in [2.45, 2.75) is 26.3 Å². The second-order valence-electron chi connectivity index (χ2n) is 8.19. The fourth-order valence-electron chi connectivity index (χ4n) is 3.82. The van der Waals surface area contributed by atoms with E-state index in [0.717, 1.165) is 26.0 Å². The van der Waals surface area contributed by atoms with Crippen molar-refractivity contribution in [3.05, 3.63) is 93.1 Å². The first-order chi connectivity index (χ1) is 16.4. The lowest BCUT2D eigenvalue weighted by atomic mass is 10.0. The van der Waals surface area contributed by atoms with Crippen molar-refractivity contribution < 1.29 is 9.72 Å². The Morgan fingerprint density at radius 3 is 2.68 bits per heavy atom. The molecule has 0 radical (unpaired) electrons. The van der Waals surface area contributed by atoms with Crippen molar-refractivity contribution >= 4 is 59.7 Å². The molecule has 170 valence electrons. The van der Waals surface area contributed by atoms with Crippen LogP contribution in [-0.2, 0) is 6.54 Å². The van der Waals surface area contributed by atoms with E-state index < -0.39 is 4.92 Å². The lowest BCUT2D eigenvalue weighted by Gasteiger charge is -2.19. The lowest BCUT2D eigenvalue weighted by molar-refractivity contribution is -0.384. The van der Waals surface area contributed by atoms with E-state index in [9.17, 15) is 14.9 Å². The average molecular weight is 489 g/mol. The molecule has 0 unspecified atom stereocenters. The molecule has 0 aliphatic carbocycles. The number of carbonyl (C=O) groups is 1. The number of pyridine rings is 1. The average Bonchev–Trinajstić information content (AvgIpc) is 3.46. The summed E-state index contributed by atoms with van der Waals surface area (Å²) in [6.07, 6.45) is 3.43. The lowest BCUT2D eigenvalue weighted by Crippen LogP contribution is -2.29.